The zero-order chi connectivity index (χ0) is 24.3. The summed E-state index contributed by atoms with van der Waals surface area (Å²) < 4.78 is 0. The number of hydrogen-bond donors (Lipinski definition) is 2. The number of aromatic nitrogens is 1. The molecule has 1 aliphatic carbocycles. The largest absolute Gasteiger partial charge is 0.363 e. The van der Waals surface area contributed by atoms with Crippen LogP contribution in [0.4, 0.5) is 5.13 Å². The Labute approximate surface area is 213 Å². The molecule has 0 spiro atoms. The minimum absolute atomic E-state index is 0.0337. The molecule has 2 heterocycles. The highest BCUT2D eigenvalue weighted by molar-refractivity contribution is 7.80. The van der Waals surface area contributed by atoms with Gasteiger partial charge >= 0.3 is 0 Å². The molecule has 0 bridgehead atoms. The minimum atomic E-state index is -0.461. The van der Waals surface area contributed by atoms with E-state index in [1.54, 1.807) is 11.1 Å². The second-order valence-corrected chi connectivity index (χ2v) is 10.5. The summed E-state index contributed by atoms with van der Waals surface area (Å²) in [5, 5.41) is 9.30. The normalized spacial score (nSPS) is 18.3. The lowest BCUT2D eigenvalue weighted by molar-refractivity contribution is -0.142. The van der Waals surface area contributed by atoms with Crippen LogP contribution in [0.1, 0.15) is 58.8 Å². The van der Waals surface area contributed by atoms with Crippen LogP contribution in [0.2, 0.25) is 0 Å². The highest BCUT2D eigenvalue weighted by Crippen LogP contribution is 2.29. The fourth-order valence-electron chi connectivity index (χ4n) is 4.93. The van der Waals surface area contributed by atoms with E-state index >= 15 is 0 Å². The Bertz CT molecular complexity index is 780. The Morgan fingerprint density at radius 2 is 2.03 bits per heavy atom. The molecular formula is C24H40N6O2S2. The monoisotopic (exact) mass is 508 g/mol. The van der Waals surface area contributed by atoms with E-state index in [0.29, 0.717) is 29.3 Å². The highest BCUT2D eigenvalue weighted by Gasteiger charge is 2.36. The average Bonchev–Trinajstić information content (AvgIpc) is 3.36. The fourth-order valence-corrected chi connectivity index (χ4v) is 5.72. The number of nitrogens with one attached hydrogen (secondary N) is 2. The molecule has 1 atom stereocenters. The van der Waals surface area contributed by atoms with Gasteiger partial charge in [0, 0.05) is 31.2 Å². The third kappa shape index (κ3) is 7.88. The van der Waals surface area contributed by atoms with Gasteiger partial charge in [-0.3, -0.25) is 9.59 Å². The number of nitrogens with zero attached hydrogens (tertiary/aromatic N) is 4. The summed E-state index contributed by atoms with van der Waals surface area (Å²) >= 11 is 6.97. The molecular weight excluding hydrogens is 468 g/mol. The highest BCUT2D eigenvalue weighted by atomic mass is 32.1. The van der Waals surface area contributed by atoms with Crippen molar-refractivity contribution in [3.8, 4) is 0 Å². The molecule has 0 aromatic carbocycles. The lowest BCUT2D eigenvalue weighted by atomic mass is 9.84. The van der Waals surface area contributed by atoms with Crippen LogP contribution in [0.5, 0.6) is 0 Å². The van der Waals surface area contributed by atoms with Gasteiger partial charge in [-0.25, -0.2) is 4.98 Å². The molecule has 190 valence electrons. The lowest BCUT2D eigenvalue weighted by Gasteiger charge is -2.40. The maximum absolute atomic E-state index is 13.2. The minimum Gasteiger partial charge on any atom is -0.363 e. The van der Waals surface area contributed by atoms with E-state index in [-0.39, 0.29) is 18.4 Å². The first kappa shape index (κ1) is 26.8. The average molecular weight is 509 g/mol. The van der Waals surface area contributed by atoms with E-state index in [2.05, 4.69) is 34.4 Å². The first-order chi connectivity index (χ1) is 16.5. The van der Waals surface area contributed by atoms with Crippen LogP contribution in [0.25, 0.3) is 0 Å². The summed E-state index contributed by atoms with van der Waals surface area (Å²) in [4.78, 5) is 36.7. The second kappa shape index (κ2) is 13.9. The fraction of sp³-hybridized carbons (Fsp3) is 0.750. The molecule has 34 heavy (non-hydrogen) atoms. The molecule has 1 saturated carbocycles. The molecule has 1 unspecified atom stereocenters. The van der Waals surface area contributed by atoms with Crippen LogP contribution in [0.15, 0.2) is 11.6 Å². The van der Waals surface area contributed by atoms with Crippen molar-refractivity contribution in [3.63, 3.8) is 0 Å². The van der Waals surface area contributed by atoms with E-state index < -0.39 is 6.04 Å². The molecule has 0 radical (unpaired) electrons. The van der Waals surface area contributed by atoms with Gasteiger partial charge in [0.15, 0.2) is 10.2 Å². The van der Waals surface area contributed by atoms with Gasteiger partial charge in [-0.2, -0.15) is 0 Å². The maximum atomic E-state index is 13.2. The summed E-state index contributed by atoms with van der Waals surface area (Å²) in [6.45, 7) is 9.63. The van der Waals surface area contributed by atoms with Crippen molar-refractivity contribution in [1.29, 1.82) is 0 Å². The Kier molecular flexibility index (Phi) is 11.0. The van der Waals surface area contributed by atoms with Crippen LogP contribution < -0.4 is 10.6 Å². The third-order valence-electron chi connectivity index (χ3n) is 6.99. The lowest BCUT2D eigenvalue weighted by Crippen LogP contribution is -2.59. The Hall–Kier alpha value is -1.78. The van der Waals surface area contributed by atoms with Crippen molar-refractivity contribution in [3.05, 3.63) is 11.6 Å². The van der Waals surface area contributed by atoms with Gasteiger partial charge in [0.25, 0.3) is 0 Å². The van der Waals surface area contributed by atoms with Crippen molar-refractivity contribution >= 4 is 45.6 Å². The van der Waals surface area contributed by atoms with Crippen LogP contribution in [-0.4, -0.2) is 88.5 Å². The van der Waals surface area contributed by atoms with Gasteiger partial charge in [0.1, 0.15) is 6.04 Å². The SMILES string of the molecule is CCN(CC)CCCNC(=S)N1CCN(C(CC2CCCCC2)C(=O)Nc2nccs2)C(=O)C1. The summed E-state index contributed by atoms with van der Waals surface area (Å²) in [7, 11) is 0. The van der Waals surface area contributed by atoms with Crippen molar-refractivity contribution < 1.29 is 9.59 Å². The molecule has 1 aromatic heterocycles. The van der Waals surface area contributed by atoms with Crippen LogP contribution in [0, 0.1) is 5.92 Å². The van der Waals surface area contributed by atoms with E-state index in [0.717, 1.165) is 51.9 Å². The number of thiazole rings is 1. The molecule has 1 aliphatic heterocycles. The second-order valence-electron chi connectivity index (χ2n) is 9.20. The quantitative estimate of drug-likeness (QED) is 0.351. The first-order valence-corrected chi connectivity index (χ1v) is 14.1. The van der Waals surface area contributed by atoms with Gasteiger partial charge in [-0.15, -0.1) is 11.3 Å². The molecule has 2 aliphatic rings. The Morgan fingerprint density at radius 3 is 2.68 bits per heavy atom. The number of anilines is 1. The van der Waals surface area contributed by atoms with Crippen molar-refractivity contribution in [2.45, 2.75) is 64.8 Å². The van der Waals surface area contributed by atoms with Gasteiger partial charge in [-0.05, 0) is 50.6 Å². The molecule has 1 saturated heterocycles. The zero-order valence-electron chi connectivity index (χ0n) is 20.6. The predicted octanol–water partition coefficient (Wildman–Crippen LogP) is 3.17. The molecule has 2 fully saturated rings. The predicted molar refractivity (Wildman–Crippen MR) is 142 cm³/mol. The number of rotatable bonds is 11. The van der Waals surface area contributed by atoms with E-state index in [1.165, 1.54) is 30.6 Å². The van der Waals surface area contributed by atoms with E-state index in [4.69, 9.17) is 12.2 Å². The summed E-state index contributed by atoms with van der Waals surface area (Å²) in [6.07, 6.45) is 9.36. The molecule has 3 rings (SSSR count). The van der Waals surface area contributed by atoms with E-state index in [1.807, 2.05) is 10.3 Å². The van der Waals surface area contributed by atoms with Gasteiger partial charge in [0.2, 0.25) is 11.8 Å². The zero-order valence-corrected chi connectivity index (χ0v) is 22.3. The van der Waals surface area contributed by atoms with Crippen LogP contribution in [-0.2, 0) is 9.59 Å². The number of carbonyl (C=O) groups excluding carboxylic acids is 2. The smallest absolute Gasteiger partial charge is 0.248 e. The molecule has 8 nitrogen and oxygen atoms in total. The molecule has 1 aromatic rings. The standard InChI is InChI=1S/C24H40N6O2S2/c1-3-28(4-2)13-8-11-26-24(33)29-14-15-30(21(31)18-29)20(17-19-9-6-5-7-10-19)22(32)27-23-25-12-16-34-23/h12,16,19-20H,3-11,13-15,17-18H2,1-2H3,(H,26,33)(H,25,27,32). The maximum Gasteiger partial charge on any atom is 0.248 e. The van der Waals surface area contributed by atoms with Crippen molar-refractivity contribution in [1.82, 2.24) is 25.0 Å². The number of thiocarbonyl (C=S) groups is 1. The Morgan fingerprint density at radius 1 is 1.26 bits per heavy atom. The van der Waals surface area contributed by atoms with Crippen molar-refractivity contribution in [2.24, 2.45) is 5.92 Å². The number of amides is 2. The molecule has 10 heteroatoms. The van der Waals surface area contributed by atoms with E-state index in [9.17, 15) is 9.59 Å². The molecule has 2 N–H and O–H groups in total. The van der Waals surface area contributed by atoms with Gasteiger partial charge in [0.05, 0.1) is 6.54 Å². The summed E-state index contributed by atoms with van der Waals surface area (Å²) in [5.41, 5.74) is 0. The van der Waals surface area contributed by atoms with Gasteiger partial charge < -0.3 is 25.3 Å². The first-order valence-electron chi connectivity index (χ1n) is 12.8. The number of hydrogen-bond acceptors (Lipinski definition) is 6. The Balaban J connectivity index is 1.55. The van der Waals surface area contributed by atoms with Gasteiger partial charge in [-0.1, -0.05) is 46.0 Å². The summed E-state index contributed by atoms with van der Waals surface area (Å²) in [5.74, 6) is 0.327. The van der Waals surface area contributed by atoms with Crippen molar-refractivity contribution in [2.75, 3.05) is 51.1 Å². The topological polar surface area (TPSA) is 80.8 Å². The van der Waals surface area contributed by atoms with Crippen LogP contribution in [0.3, 0.4) is 0 Å². The number of carbonyl (C=O) groups is 2. The number of piperazine rings is 1. The van der Waals surface area contributed by atoms with Crippen LogP contribution >= 0.6 is 23.6 Å². The molecule has 2 amide bonds. The third-order valence-corrected chi connectivity index (χ3v) is 8.08. The summed E-state index contributed by atoms with van der Waals surface area (Å²) in [6, 6.07) is -0.461.